The molecule has 2 amide bonds. The summed E-state index contributed by atoms with van der Waals surface area (Å²) < 4.78 is 27.8. The van der Waals surface area contributed by atoms with Crippen molar-refractivity contribution in [2.75, 3.05) is 23.7 Å². The Hall–Kier alpha value is -4.01. The van der Waals surface area contributed by atoms with Gasteiger partial charge < -0.3 is 21.3 Å². The highest BCUT2D eigenvalue weighted by atomic mass is 19.1. The number of likely N-dealkylation sites (tertiary alicyclic amines) is 1. The van der Waals surface area contributed by atoms with Gasteiger partial charge >= 0.3 is 0 Å². The molecule has 32 heavy (non-hydrogen) atoms. The van der Waals surface area contributed by atoms with Crippen molar-refractivity contribution in [3.63, 3.8) is 0 Å². The Morgan fingerprint density at radius 1 is 1.06 bits per heavy atom. The number of benzene rings is 2. The fourth-order valence-corrected chi connectivity index (χ4v) is 3.30. The Bertz CT molecular complexity index is 1140. The van der Waals surface area contributed by atoms with Crippen molar-refractivity contribution in [3.05, 3.63) is 83.1 Å². The number of anilines is 3. The van der Waals surface area contributed by atoms with Gasteiger partial charge in [-0.25, -0.2) is 13.8 Å². The monoisotopic (exact) mass is 437 g/mol. The molecule has 0 radical (unpaired) electrons. The Balaban J connectivity index is 1.51. The number of primary amides is 1. The molecule has 1 fully saturated rings. The van der Waals surface area contributed by atoms with E-state index in [1.807, 2.05) is 0 Å². The van der Waals surface area contributed by atoms with Crippen LogP contribution in [0, 0.1) is 11.6 Å². The van der Waals surface area contributed by atoms with E-state index in [0.717, 1.165) is 31.6 Å². The van der Waals surface area contributed by atoms with Crippen LogP contribution in [-0.2, 0) is 6.54 Å². The number of rotatable bonds is 7. The Morgan fingerprint density at radius 2 is 1.75 bits per heavy atom. The van der Waals surface area contributed by atoms with Gasteiger partial charge in [0, 0.05) is 48.7 Å². The molecule has 4 rings (SSSR count). The van der Waals surface area contributed by atoms with Crippen molar-refractivity contribution >= 4 is 29.0 Å². The standard InChI is InChI=1S/C23H21F2N5O2/c24-18-3-1-4-19(25)16(18)12-27-20-11-21(28-13-17(20)22(26)31)29-15-7-5-14(6-8-15)23(32)30-9-2-10-30/h1,3-8,11,13H,2,9-10,12H2,(H2,26,31)(H2,27,28,29). The number of amides is 2. The average molecular weight is 437 g/mol. The highest BCUT2D eigenvalue weighted by molar-refractivity contribution is 5.98. The van der Waals surface area contributed by atoms with E-state index in [1.54, 1.807) is 29.2 Å². The zero-order chi connectivity index (χ0) is 22.7. The fraction of sp³-hybridized carbons (Fsp3) is 0.174. The molecule has 4 N–H and O–H groups in total. The molecule has 1 aliphatic rings. The van der Waals surface area contributed by atoms with Crippen LogP contribution in [0.4, 0.5) is 26.0 Å². The van der Waals surface area contributed by atoms with E-state index in [-0.39, 0.29) is 29.3 Å². The summed E-state index contributed by atoms with van der Waals surface area (Å²) in [5.41, 5.74) is 6.89. The first-order valence-electron chi connectivity index (χ1n) is 10.1. The van der Waals surface area contributed by atoms with Crippen LogP contribution in [0.2, 0.25) is 0 Å². The van der Waals surface area contributed by atoms with Gasteiger partial charge in [-0.1, -0.05) is 6.07 Å². The Labute approximate surface area is 183 Å². The van der Waals surface area contributed by atoms with Crippen LogP contribution in [0.5, 0.6) is 0 Å². The van der Waals surface area contributed by atoms with Crippen LogP contribution in [0.15, 0.2) is 54.7 Å². The summed E-state index contributed by atoms with van der Waals surface area (Å²) in [5, 5.41) is 5.94. The average Bonchev–Trinajstić information content (AvgIpc) is 2.72. The molecule has 0 unspecified atom stereocenters. The summed E-state index contributed by atoms with van der Waals surface area (Å²) in [6.45, 7) is 1.37. The number of nitrogens with two attached hydrogens (primary N) is 1. The summed E-state index contributed by atoms with van der Waals surface area (Å²) in [6, 6.07) is 12.1. The lowest BCUT2D eigenvalue weighted by Gasteiger charge is -2.30. The number of carbonyl (C=O) groups excluding carboxylic acids is 2. The van der Waals surface area contributed by atoms with Gasteiger partial charge in [-0.15, -0.1) is 0 Å². The summed E-state index contributed by atoms with van der Waals surface area (Å²) in [6.07, 6.45) is 2.31. The van der Waals surface area contributed by atoms with Gasteiger partial charge in [0.25, 0.3) is 11.8 Å². The molecule has 7 nitrogen and oxygen atoms in total. The predicted octanol–water partition coefficient (Wildman–Crippen LogP) is 3.66. The van der Waals surface area contributed by atoms with E-state index in [0.29, 0.717) is 17.1 Å². The molecule has 3 aromatic rings. The Morgan fingerprint density at radius 3 is 2.34 bits per heavy atom. The first kappa shape index (κ1) is 21.2. The lowest BCUT2D eigenvalue weighted by atomic mass is 10.1. The molecule has 0 spiro atoms. The molecule has 164 valence electrons. The number of carbonyl (C=O) groups is 2. The number of aromatic nitrogens is 1. The van der Waals surface area contributed by atoms with E-state index >= 15 is 0 Å². The Kier molecular flexibility index (Phi) is 5.98. The van der Waals surface area contributed by atoms with Crippen LogP contribution < -0.4 is 16.4 Å². The number of nitrogens with one attached hydrogen (secondary N) is 2. The number of nitrogens with zero attached hydrogens (tertiary/aromatic N) is 2. The molecule has 0 saturated carbocycles. The van der Waals surface area contributed by atoms with E-state index in [9.17, 15) is 18.4 Å². The minimum atomic E-state index is -0.727. The van der Waals surface area contributed by atoms with Crippen LogP contribution in [0.3, 0.4) is 0 Å². The first-order valence-corrected chi connectivity index (χ1v) is 10.1. The molecule has 2 aromatic carbocycles. The lowest BCUT2D eigenvalue weighted by Crippen LogP contribution is -2.41. The molecule has 1 aliphatic heterocycles. The number of halogens is 2. The van der Waals surface area contributed by atoms with Gasteiger partial charge in [0.05, 0.1) is 11.3 Å². The zero-order valence-electron chi connectivity index (χ0n) is 17.1. The molecule has 2 heterocycles. The smallest absolute Gasteiger partial charge is 0.253 e. The maximum atomic E-state index is 13.9. The quantitative estimate of drug-likeness (QED) is 0.524. The highest BCUT2D eigenvalue weighted by Gasteiger charge is 2.21. The van der Waals surface area contributed by atoms with Gasteiger partial charge in [-0.05, 0) is 42.8 Å². The topological polar surface area (TPSA) is 100 Å². The maximum absolute atomic E-state index is 13.9. The van der Waals surface area contributed by atoms with Crippen molar-refractivity contribution in [3.8, 4) is 0 Å². The van der Waals surface area contributed by atoms with Crippen LogP contribution in [0.25, 0.3) is 0 Å². The molecule has 0 bridgehead atoms. The SMILES string of the molecule is NC(=O)c1cnc(Nc2ccc(C(=O)N3CCC3)cc2)cc1NCc1c(F)cccc1F. The second kappa shape index (κ2) is 9.01. The number of hydrogen-bond donors (Lipinski definition) is 3. The normalized spacial score (nSPS) is 12.8. The van der Waals surface area contributed by atoms with E-state index in [4.69, 9.17) is 5.73 Å². The van der Waals surface area contributed by atoms with Gasteiger partial charge in [-0.2, -0.15) is 0 Å². The molecule has 1 aromatic heterocycles. The van der Waals surface area contributed by atoms with E-state index in [2.05, 4.69) is 15.6 Å². The molecule has 0 atom stereocenters. The van der Waals surface area contributed by atoms with Crippen LogP contribution in [0.1, 0.15) is 32.7 Å². The van der Waals surface area contributed by atoms with Crippen LogP contribution in [-0.4, -0.2) is 34.8 Å². The molecule has 1 saturated heterocycles. The summed E-state index contributed by atoms with van der Waals surface area (Å²) in [4.78, 5) is 30.0. The van der Waals surface area contributed by atoms with E-state index < -0.39 is 17.5 Å². The van der Waals surface area contributed by atoms with Crippen LogP contribution >= 0.6 is 0 Å². The predicted molar refractivity (Wildman–Crippen MR) is 117 cm³/mol. The summed E-state index contributed by atoms with van der Waals surface area (Å²) >= 11 is 0. The van der Waals surface area contributed by atoms with Crippen molar-refractivity contribution in [1.82, 2.24) is 9.88 Å². The minimum Gasteiger partial charge on any atom is -0.380 e. The largest absolute Gasteiger partial charge is 0.380 e. The number of hydrogen-bond acceptors (Lipinski definition) is 5. The third-order valence-corrected chi connectivity index (χ3v) is 5.23. The van der Waals surface area contributed by atoms with Crippen molar-refractivity contribution in [1.29, 1.82) is 0 Å². The third kappa shape index (κ3) is 4.51. The van der Waals surface area contributed by atoms with Crippen molar-refractivity contribution < 1.29 is 18.4 Å². The number of pyridine rings is 1. The fourth-order valence-electron chi connectivity index (χ4n) is 3.30. The van der Waals surface area contributed by atoms with Gasteiger partial charge in [0.1, 0.15) is 17.5 Å². The second-order valence-electron chi connectivity index (χ2n) is 7.38. The van der Waals surface area contributed by atoms with E-state index in [1.165, 1.54) is 18.3 Å². The summed E-state index contributed by atoms with van der Waals surface area (Å²) in [7, 11) is 0. The molecular formula is C23H21F2N5O2. The lowest BCUT2D eigenvalue weighted by molar-refractivity contribution is 0.0651. The van der Waals surface area contributed by atoms with Crippen molar-refractivity contribution in [2.45, 2.75) is 13.0 Å². The second-order valence-corrected chi connectivity index (χ2v) is 7.38. The van der Waals surface area contributed by atoms with Gasteiger partial charge in [0.2, 0.25) is 0 Å². The van der Waals surface area contributed by atoms with Gasteiger partial charge in [-0.3, -0.25) is 9.59 Å². The third-order valence-electron chi connectivity index (χ3n) is 5.23. The highest BCUT2D eigenvalue weighted by Crippen LogP contribution is 2.24. The maximum Gasteiger partial charge on any atom is 0.253 e. The molecule has 0 aliphatic carbocycles. The van der Waals surface area contributed by atoms with Gasteiger partial charge in [0.15, 0.2) is 0 Å². The summed E-state index contributed by atoms with van der Waals surface area (Å²) in [5.74, 6) is -1.74. The first-order chi connectivity index (χ1) is 15.4. The van der Waals surface area contributed by atoms with Crippen molar-refractivity contribution in [2.24, 2.45) is 5.73 Å². The minimum absolute atomic E-state index is 0.00130. The zero-order valence-corrected chi connectivity index (χ0v) is 17.1. The molecule has 9 heteroatoms. The molecular weight excluding hydrogens is 416 g/mol.